The Bertz CT molecular complexity index is 543. The first-order valence-corrected chi connectivity index (χ1v) is 4.93. The van der Waals surface area contributed by atoms with Gasteiger partial charge in [0.1, 0.15) is 0 Å². The predicted octanol–water partition coefficient (Wildman–Crippen LogP) is 0.461. The van der Waals surface area contributed by atoms with Gasteiger partial charge in [0.2, 0.25) is 0 Å². The second-order valence-electron chi connectivity index (χ2n) is 3.49. The molecule has 2 heterocycles. The lowest BCUT2D eigenvalue weighted by Gasteiger charge is -2.00. The molecule has 17 heavy (non-hydrogen) atoms. The number of esters is 1. The molecule has 2 rings (SSSR count). The van der Waals surface area contributed by atoms with Gasteiger partial charge in [-0.2, -0.15) is 4.68 Å². The fourth-order valence-electron chi connectivity index (χ4n) is 1.37. The standard InChI is InChI=1S/C10H11N5O2/c1-6-4-7(2)12-10(11-6)15-5-8(13-14-15)9(16)17-3/h4-5H,1-3H3. The molecule has 0 aromatic carbocycles. The average Bonchev–Trinajstić information content (AvgIpc) is 2.76. The smallest absolute Gasteiger partial charge is 0.360 e. The largest absolute Gasteiger partial charge is 0.464 e. The molecule has 0 saturated heterocycles. The number of nitrogens with zero attached hydrogens (tertiary/aromatic N) is 5. The number of rotatable bonds is 2. The number of aromatic nitrogens is 5. The van der Waals surface area contributed by atoms with Crippen LogP contribution in [0.3, 0.4) is 0 Å². The molecule has 7 heteroatoms. The van der Waals surface area contributed by atoms with Crippen molar-refractivity contribution in [3.63, 3.8) is 0 Å². The number of hydrogen-bond donors (Lipinski definition) is 0. The summed E-state index contributed by atoms with van der Waals surface area (Å²) in [4.78, 5) is 19.6. The Labute approximate surface area is 97.5 Å². The number of methoxy groups -OCH3 is 1. The third kappa shape index (κ3) is 2.27. The van der Waals surface area contributed by atoms with Crippen LogP contribution >= 0.6 is 0 Å². The fraction of sp³-hybridized carbons (Fsp3) is 0.300. The minimum Gasteiger partial charge on any atom is -0.464 e. The van der Waals surface area contributed by atoms with Gasteiger partial charge in [0.05, 0.1) is 13.3 Å². The SMILES string of the molecule is COC(=O)c1cn(-c2nc(C)cc(C)n2)nn1. The molecule has 0 aliphatic rings. The van der Waals surface area contributed by atoms with Crippen LogP contribution in [0.2, 0.25) is 0 Å². The van der Waals surface area contributed by atoms with E-state index in [1.54, 1.807) is 0 Å². The number of ether oxygens (including phenoxy) is 1. The van der Waals surface area contributed by atoms with Crippen LogP contribution in [0.25, 0.3) is 5.95 Å². The molecule has 0 bridgehead atoms. The van der Waals surface area contributed by atoms with Gasteiger partial charge in [-0.1, -0.05) is 5.21 Å². The van der Waals surface area contributed by atoms with Crippen LogP contribution in [0, 0.1) is 13.8 Å². The molecule has 0 fully saturated rings. The highest BCUT2D eigenvalue weighted by atomic mass is 16.5. The Morgan fingerprint density at radius 2 is 1.94 bits per heavy atom. The minimum atomic E-state index is -0.541. The zero-order chi connectivity index (χ0) is 12.4. The Morgan fingerprint density at radius 3 is 2.53 bits per heavy atom. The van der Waals surface area contributed by atoms with Gasteiger partial charge < -0.3 is 4.74 Å². The van der Waals surface area contributed by atoms with Gasteiger partial charge in [-0.05, 0) is 19.9 Å². The summed E-state index contributed by atoms with van der Waals surface area (Å²) in [6.07, 6.45) is 1.43. The summed E-state index contributed by atoms with van der Waals surface area (Å²) >= 11 is 0. The van der Waals surface area contributed by atoms with Crippen LogP contribution in [0.4, 0.5) is 0 Å². The van der Waals surface area contributed by atoms with E-state index in [0.29, 0.717) is 5.95 Å². The van der Waals surface area contributed by atoms with Gasteiger partial charge in [-0.3, -0.25) is 0 Å². The number of aryl methyl sites for hydroxylation is 2. The number of carbonyl (C=O) groups is 1. The summed E-state index contributed by atoms with van der Waals surface area (Å²) in [6.45, 7) is 3.71. The number of hydrogen-bond acceptors (Lipinski definition) is 6. The second kappa shape index (κ2) is 4.28. The van der Waals surface area contributed by atoms with E-state index in [-0.39, 0.29) is 5.69 Å². The third-order valence-corrected chi connectivity index (χ3v) is 2.06. The quantitative estimate of drug-likeness (QED) is 0.701. The summed E-state index contributed by atoms with van der Waals surface area (Å²) in [6, 6.07) is 1.85. The zero-order valence-electron chi connectivity index (χ0n) is 9.71. The summed E-state index contributed by atoms with van der Waals surface area (Å²) in [5.74, 6) is -0.161. The molecule has 88 valence electrons. The Hall–Kier alpha value is -2.31. The van der Waals surface area contributed by atoms with E-state index >= 15 is 0 Å². The summed E-state index contributed by atoms with van der Waals surface area (Å²) in [7, 11) is 1.29. The Morgan fingerprint density at radius 1 is 1.29 bits per heavy atom. The maximum Gasteiger partial charge on any atom is 0.360 e. The molecule has 7 nitrogen and oxygen atoms in total. The minimum absolute atomic E-state index is 0.121. The molecule has 0 amide bonds. The van der Waals surface area contributed by atoms with Crippen LogP contribution < -0.4 is 0 Å². The Kier molecular flexibility index (Phi) is 2.82. The molecular formula is C10H11N5O2. The van der Waals surface area contributed by atoms with Crippen molar-refractivity contribution >= 4 is 5.97 Å². The molecule has 0 atom stereocenters. The van der Waals surface area contributed by atoms with Crippen LogP contribution in [0.5, 0.6) is 0 Å². The Balaban J connectivity index is 2.40. The maximum absolute atomic E-state index is 11.2. The van der Waals surface area contributed by atoms with Crippen LogP contribution in [0.15, 0.2) is 12.3 Å². The molecule has 0 aliphatic heterocycles. The molecule has 0 radical (unpaired) electrons. The predicted molar refractivity (Wildman–Crippen MR) is 57.8 cm³/mol. The van der Waals surface area contributed by atoms with Gasteiger partial charge in [0.15, 0.2) is 5.69 Å². The van der Waals surface area contributed by atoms with Crippen LogP contribution in [-0.2, 0) is 4.74 Å². The van der Waals surface area contributed by atoms with Crippen molar-refractivity contribution in [1.29, 1.82) is 0 Å². The van der Waals surface area contributed by atoms with Crippen molar-refractivity contribution in [2.24, 2.45) is 0 Å². The van der Waals surface area contributed by atoms with Gasteiger partial charge in [0.25, 0.3) is 5.95 Å². The normalized spacial score (nSPS) is 10.3. The van der Waals surface area contributed by atoms with Gasteiger partial charge in [-0.15, -0.1) is 5.10 Å². The van der Waals surface area contributed by atoms with E-state index in [0.717, 1.165) is 11.4 Å². The summed E-state index contributed by atoms with van der Waals surface area (Å²) in [5.41, 5.74) is 1.76. The van der Waals surface area contributed by atoms with Crippen molar-refractivity contribution in [2.45, 2.75) is 13.8 Å². The van der Waals surface area contributed by atoms with Crippen molar-refractivity contribution < 1.29 is 9.53 Å². The highest BCUT2D eigenvalue weighted by Gasteiger charge is 2.12. The van der Waals surface area contributed by atoms with Gasteiger partial charge in [-0.25, -0.2) is 14.8 Å². The van der Waals surface area contributed by atoms with Gasteiger partial charge >= 0.3 is 5.97 Å². The topological polar surface area (TPSA) is 82.8 Å². The van der Waals surface area contributed by atoms with E-state index in [1.807, 2.05) is 19.9 Å². The average molecular weight is 233 g/mol. The van der Waals surface area contributed by atoms with Crippen LogP contribution in [-0.4, -0.2) is 38.0 Å². The first-order chi connectivity index (χ1) is 8.10. The first kappa shape index (κ1) is 11.2. The molecule has 0 saturated carbocycles. The monoisotopic (exact) mass is 233 g/mol. The third-order valence-electron chi connectivity index (χ3n) is 2.06. The van der Waals surface area contributed by atoms with Gasteiger partial charge in [0, 0.05) is 11.4 Å². The lowest BCUT2D eigenvalue weighted by molar-refractivity contribution is 0.0594. The zero-order valence-corrected chi connectivity index (χ0v) is 9.71. The second-order valence-corrected chi connectivity index (χ2v) is 3.49. The van der Waals surface area contributed by atoms with E-state index in [9.17, 15) is 4.79 Å². The molecule has 0 unspecified atom stereocenters. The van der Waals surface area contributed by atoms with E-state index in [2.05, 4.69) is 25.0 Å². The van der Waals surface area contributed by atoms with Crippen LogP contribution in [0.1, 0.15) is 21.9 Å². The van der Waals surface area contributed by atoms with E-state index in [4.69, 9.17) is 0 Å². The molecule has 0 aliphatic carbocycles. The van der Waals surface area contributed by atoms with Crippen molar-refractivity contribution in [3.05, 3.63) is 29.3 Å². The summed E-state index contributed by atoms with van der Waals surface area (Å²) < 4.78 is 5.88. The van der Waals surface area contributed by atoms with Crippen molar-refractivity contribution in [1.82, 2.24) is 25.0 Å². The van der Waals surface area contributed by atoms with Crippen molar-refractivity contribution in [3.8, 4) is 5.95 Å². The maximum atomic E-state index is 11.2. The van der Waals surface area contributed by atoms with E-state index < -0.39 is 5.97 Å². The first-order valence-electron chi connectivity index (χ1n) is 4.93. The highest BCUT2D eigenvalue weighted by molar-refractivity contribution is 5.86. The molecule has 2 aromatic heterocycles. The highest BCUT2D eigenvalue weighted by Crippen LogP contribution is 2.04. The lowest BCUT2D eigenvalue weighted by atomic mass is 10.4. The number of carbonyl (C=O) groups excluding carboxylic acids is 1. The fourth-order valence-corrected chi connectivity index (χ4v) is 1.37. The molecule has 2 aromatic rings. The molecule has 0 spiro atoms. The molecule has 0 N–H and O–H groups in total. The lowest BCUT2D eigenvalue weighted by Crippen LogP contribution is -2.04. The van der Waals surface area contributed by atoms with E-state index in [1.165, 1.54) is 18.0 Å². The summed E-state index contributed by atoms with van der Waals surface area (Å²) in [5, 5.41) is 7.46. The molecular weight excluding hydrogens is 222 g/mol. The van der Waals surface area contributed by atoms with Crippen molar-refractivity contribution in [2.75, 3.05) is 7.11 Å².